The van der Waals surface area contributed by atoms with E-state index in [-0.39, 0.29) is 31.4 Å². The maximum Gasteiger partial charge on any atom is 0.338 e. The van der Waals surface area contributed by atoms with Gasteiger partial charge in [-0.1, -0.05) is 30.0 Å². The Labute approximate surface area is 207 Å². The molecule has 1 saturated heterocycles. The summed E-state index contributed by atoms with van der Waals surface area (Å²) in [6, 6.07) is 11.7. The fourth-order valence-corrected chi connectivity index (χ4v) is 4.44. The van der Waals surface area contributed by atoms with Crippen LogP contribution in [0.25, 0.3) is 6.08 Å². The molecule has 0 aromatic heterocycles. The lowest BCUT2D eigenvalue weighted by atomic mass is 10.2. The number of nitrogens with one attached hydrogen (secondary N) is 1. The molecule has 2 aromatic rings. The Bertz CT molecular complexity index is 1130. The van der Waals surface area contributed by atoms with Crippen LogP contribution in [0.2, 0.25) is 0 Å². The number of carbonyl (C=O) groups excluding carboxylic acids is 3. The van der Waals surface area contributed by atoms with Gasteiger partial charge >= 0.3 is 5.97 Å². The van der Waals surface area contributed by atoms with Gasteiger partial charge < -0.3 is 19.5 Å². The van der Waals surface area contributed by atoms with Crippen molar-refractivity contribution in [2.75, 3.05) is 32.7 Å². The van der Waals surface area contributed by atoms with Crippen molar-refractivity contribution in [1.29, 1.82) is 0 Å². The molecule has 2 amide bonds. The zero-order valence-electron chi connectivity index (χ0n) is 19.0. The summed E-state index contributed by atoms with van der Waals surface area (Å²) < 4.78 is 15.9. The van der Waals surface area contributed by atoms with Crippen molar-refractivity contribution in [1.82, 2.24) is 4.90 Å². The number of benzene rings is 2. The molecule has 1 aliphatic heterocycles. The highest BCUT2D eigenvalue weighted by atomic mass is 32.2. The summed E-state index contributed by atoms with van der Waals surface area (Å²) in [7, 11) is 3.10. The van der Waals surface area contributed by atoms with Crippen LogP contribution in [0.3, 0.4) is 0 Å². The van der Waals surface area contributed by atoms with Crippen molar-refractivity contribution in [3.63, 3.8) is 0 Å². The summed E-state index contributed by atoms with van der Waals surface area (Å²) in [5.74, 6) is 0.196. The summed E-state index contributed by atoms with van der Waals surface area (Å²) in [5, 5.41) is 2.75. The second-order valence-corrected chi connectivity index (χ2v) is 8.72. The van der Waals surface area contributed by atoms with Crippen molar-refractivity contribution in [2.45, 2.75) is 13.3 Å². The number of nitrogens with zero attached hydrogens (tertiary/aromatic N) is 1. The predicted molar refractivity (Wildman–Crippen MR) is 135 cm³/mol. The number of hydrogen-bond acceptors (Lipinski definition) is 8. The molecule has 0 saturated carbocycles. The molecule has 1 fully saturated rings. The van der Waals surface area contributed by atoms with Gasteiger partial charge in [0.1, 0.15) is 4.32 Å². The van der Waals surface area contributed by atoms with E-state index in [2.05, 4.69) is 5.32 Å². The van der Waals surface area contributed by atoms with Crippen LogP contribution in [0.15, 0.2) is 47.4 Å². The third-order valence-electron chi connectivity index (χ3n) is 4.82. The monoisotopic (exact) mass is 500 g/mol. The number of thiocarbonyl (C=S) groups is 1. The van der Waals surface area contributed by atoms with Crippen LogP contribution in [-0.4, -0.2) is 54.4 Å². The van der Waals surface area contributed by atoms with Crippen LogP contribution < -0.4 is 14.8 Å². The first-order valence-electron chi connectivity index (χ1n) is 10.4. The first-order chi connectivity index (χ1) is 16.4. The Balaban J connectivity index is 1.58. The Morgan fingerprint density at radius 3 is 2.44 bits per heavy atom. The molecule has 1 aliphatic rings. The average Bonchev–Trinajstić information content (AvgIpc) is 3.10. The molecule has 1 N–H and O–H groups in total. The van der Waals surface area contributed by atoms with E-state index in [4.69, 9.17) is 26.4 Å². The van der Waals surface area contributed by atoms with Crippen molar-refractivity contribution in [3.8, 4) is 11.5 Å². The molecule has 0 unspecified atom stereocenters. The van der Waals surface area contributed by atoms with Crippen molar-refractivity contribution in [2.24, 2.45) is 0 Å². The van der Waals surface area contributed by atoms with Crippen LogP contribution in [0.1, 0.15) is 29.3 Å². The lowest BCUT2D eigenvalue weighted by Crippen LogP contribution is -2.31. The summed E-state index contributed by atoms with van der Waals surface area (Å²) in [4.78, 5) is 38.8. The summed E-state index contributed by atoms with van der Waals surface area (Å²) in [6.45, 7) is 2.18. The highest BCUT2D eigenvalue weighted by molar-refractivity contribution is 8.26. The first kappa shape index (κ1) is 25.3. The van der Waals surface area contributed by atoms with E-state index >= 15 is 0 Å². The fourth-order valence-electron chi connectivity index (χ4n) is 3.13. The van der Waals surface area contributed by atoms with Crippen LogP contribution in [-0.2, 0) is 14.3 Å². The lowest BCUT2D eigenvalue weighted by molar-refractivity contribution is -0.122. The number of amides is 2. The maximum absolute atomic E-state index is 12.8. The normalized spacial score (nSPS) is 14.3. The molecule has 34 heavy (non-hydrogen) atoms. The van der Waals surface area contributed by atoms with Crippen molar-refractivity contribution >= 4 is 57.8 Å². The third-order valence-corrected chi connectivity index (χ3v) is 6.20. The Hall–Kier alpha value is -3.37. The largest absolute Gasteiger partial charge is 0.493 e. The van der Waals surface area contributed by atoms with Crippen LogP contribution in [0.4, 0.5) is 5.69 Å². The Morgan fingerprint density at radius 2 is 1.79 bits per heavy atom. The van der Waals surface area contributed by atoms with Gasteiger partial charge in [0, 0.05) is 18.7 Å². The number of ether oxygens (including phenoxy) is 3. The number of anilines is 1. The van der Waals surface area contributed by atoms with Gasteiger partial charge in [-0.05, 0) is 55.0 Å². The summed E-state index contributed by atoms with van der Waals surface area (Å²) >= 11 is 6.53. The van der Waals surface area contributed by atoms with E-state index in [1.165, 1.54) is 16.7 Å². The minimum Gasteiger partial charge on any atom is -0.493 e. The summed E-state index contributed by atoms with van der Waals surface area (Å²) in [5.41, 5.74) is 1.71. The van der Waals surface area contributed by atoms with E-state index < -0.39 is 5.97 Å². The molecule has 0 bridgehead atoms. The number of rotatable bonds is 9. The zero-order valence-corrected chi connectivity index (χ0v) is 20.6. The van der Waals surface area contributed by atoms with Gasteiger partial charge in [-0.3, -0.25) is 14.5 Å². The molecule has 0 radical (unpaired) electrons. The van der Waals surface area contributed by atoms with E-state index in [1.54, 1.807) is 63.6 Å². The second-order valence-electron chi connectivity index (χ2n) is 7.04. The number of hydrogen-bond donors (Lipinski definition) is 1. The van der Waals surface area contributed by atoms with Gasteiger partial charge in [0.15, 0.2) is 11.5 Å². The number of thioether (sulfide) groups is 1. The van der Waals surface area contributed by atoms with Crippen LogP contribution in [0, 0.1) is 0 Å². The zero-order chi connectivity index (χ0) is 24.7. The number of carbonyl (C=O) groups is 3. The van der Waals surface area contributed by atoms with E-state index in [0.717, 1.165) is 5.56 Å². The minimum atomic E-state index is -0.420. The molecule has 10 heteroatoms. The summed E-state index contributed by atoms with van der Waals surface area (Å²) in [6.07, 6.45) is 1.79. The fraction of sp³-hybridized carbons (Fsp3) is 0.250. The quantitative estimate of drug-likeness (QED) is 0.312. The first-order valence-corrected chi connectivity index (χ1v) is 11.6. The molecule has 0 spiro atoms. The van der Waals surface area contributed by atoms with Crippen molar-refractivity contribution in [3.05, 3.63) is 58.5 Å². The van der Waals surface area contributed by atoms with Gasteiger partial charge in [0.25, 0.3) is 5.91 Å². The third kappa shape index (κ3) is 6.15. The molecular weight excluding hydrogens is 476 g/mol. The van der Waals surface area contributed by atoms with Gasteiger partial charge in [-0.2, -0.15) is 0 Å². The second kappa shape index (κ2) is 11.7. The lowest BCUT2D eigenvalue weighted by Gasteiger charge is -2.14. The average molecular weight is 501 g/mol. The molecule has 1 heterocycles. The standard InChI is InChI=1S/C24H24N2O6S2/c1-4-32-23(29)16-6-8-17(9-7-16)25-21(27)11-12-26-22(28)20(34-24(26)33)14-15-5-10-18(30-2)19(13-15)31-3/h5-10,13-14H,4,11-12H2,1-3H3,(H,25,27)/b20-14-. The van der Waals surface area contributed by atoms with Gasteiger partial charge in [-0.15, -0.1) is 0 Å². The van der Waals surface area contributed by atoms with Gasteiger partial charge in [-0.25, -0.2) is 4.79 Å². The smallest absolute Gasteiger partial charge is 0.338 e. The van der Waals surface area contributed by atoms with Crippen molar-refractivity contribution < 1.29 is 28.6 Å². The molecule has 3 rings (SSSR count). The predicted octanol–water partition coefficient (Wildman–Crippen LogP) is 4.11. The van der Waals surface area contributed by atoms with E-state index in [1.807, 2.05) is 6.07 Å². The topological polar surface area (TPSA) is 94.2 Å². The number of esters is 1. The Morgan fingerprint density at radius 1 is 1.09 bits per heavy atom. The highest BCUT2D eigenvalue weighted by Crippen LogP contribution is 2.34. The molecule has 0 atom stereocenters. The van der Waals surface area contributed by atoms with Gasteiger partial charge in [0.05, 0.1) is 31.3 Å². The maximum atomic E-state index is 12.8. The van der Waals surface area contributed by atoms with E-state index in [0.29, 0.717) is 32.0 Å². The Kier molecular flexibility index (Phi) is 8.67. The molecular formula is C24H24N2O6S2. The number of methoxy groups -OCH3 is 2. The van der Waals surface area contributed by atoms with Crippen LogP contribution in [0.5, 0.6) is 11.5 Å². The SMILES string of the molecule is CCOC(=O)c1ccc(NC(=O)CCN2C(=O)/C(=C/c3ccc(OC)c(OC)c3)SC2=S)cc1. The van der Waals surface area contributed by atoms with Crippen LogP contribution >= 0.6 is 24.0 Å². The van der Waals surface area contributed by atoms with Gasteiger partial charge in [0.2, 0.25) is 5.91 Å². The molecule has 0 aliphatic carbocycles. The molecule has 8 nitrogen and oxygen atoms in total. The molecule has 178 valence electrons. The minimum absolute atomic E-state index is 0.0652. The molecule has 2 aromatic carbocycles. The highest BCUT2D eigenvalue weighted by Gasteiger charge is 2.32. The van der Waals surface area contributed by atoms with E-state index in [9.17, 15) is 14.4 Å².